The fourth-order valence-electron chi connectivity index (χ4n) is 3.80. The monoisotopic (exact) mass is 416 g/mol. The van der Waals surface area contributed by atoms with Gasteiger partial charge in [-0.15, -0.1) is 0 Å². The minimum atomic E-state index is -1.11. The summed E-state index contributed by atoms with van der Waals surface area (Å²) < 4.78 is 6.77. The highest BCUT2D eigenvalue weighted by Gasteiger charge is 2.26. The zero-order valence-electron chi connectivity index (χ0n) is 17.3. The molecular weight excluding hydrogens is 388 g/mol. The van der Waals surface area contributed by atoms with Gasteiger partial charge in [-0.3, -0.25) is 18.8 Å². The molecule has 0 spiro atoms. The number of rotatable bonds is 8. The van der Waals surface area contributed by atoms with E-state index in [1.165, 1.54) is 13.3 Å². The van der Waals surface area contributed by atoms with E-state index in [0.29, 0.717) is 18.1 Å². The van der Waals surface area contributed by atoms with Crippen molar-refractivity contribution >= 4 is 29.3 Å². The Morgan fingerprint density at radius 1 is 1.30 bits per heavy atom. The lowest BCUT2D eigenvalue weighted by Crippen LogP contribution is -2.38. The number of pyridine rings is 1. The number of carboxylic acids is 1. The molecule has 0 aliphatic heterocycles. The van der Waals surface area contributed by atoms with Crippen molar-refractivity contribution in [3.8, 4) is 0 Å². The third-order valence-electron chi connectivity index (χ3n) is 5.34. The van der Waals surface area contributed by atoms with Crippen molar-refractivity contribution in [2.75, 3.05) is 18.5 Å². The lowest BCUT2D eigenvalue weighted by Gasteiger charge is -2.21. The zero-order chi connectivity index (χ0) is 21.7. The summed E-state index contributed by atoms with van der Waals surface area (Å²) in [4.78, 5) is 40.5. The molecule has 1 fully saturated rings. The van der Waals surface area contributed by atoms with Gasteiger partial charge < -0.3 is 20.5 Å². The van der Waals surface area contributed by atoms with Crippen LogP contribution in [0.4, 0.5) is 5.82 Å². The van der Waals surface area contributed by atoms with Gasteiger partial charge in [-0.25, -0.2) is 4.98 Å². The lowest BCUT2D eigenvalue weighted by atomic mass is 9.87. The van der Waals surface area contributed by atoms with Gasteiger partial charge in [-0.1, -0.05) is 19.3 Å². The van der Waals surface area contributed by atoms with E-state index in [2.05, 4.69) is 10.6 Å². The molecule has 2 heterocycles. The summed E-state index contributed by atoms with van der Waals surface area (Å²) in [7, 11) is 0. The van der Waals surface area contributed by atoms with Gasteiger partial charge >= 0.3 is 11.9 Å². The van der Waals surface area contributed by atoms with Crippen LogP contribution in [-0.2, 0) is 14.3 Å². The average Bonchev–Trinajstić information content (AvgIpc) is 3.11. The van der Waals surface area contributed by atoms with Crippen LogP contribution in [0.2, 0.25) is 0 Å². The number of amides is 1. The Balaban J connectivity index is 1.99. The number of nitrogens with zero attached hydrogens (tertiary/aromatic N) is 2. The van der Waals surface area contributed by atoms with Gasteiger partial charge in [0.05, 0.1) is 17.9 Å². The summed E-state index contributed by atoms with van der Waals surface area (Å²) in [5, 5.41) is 14.7. The molecular formula is C21H28N4O5. The van der Waals surface area contributed by atoms with E-state index in [-0.39, 0.29) is 24.0 Å². The Labute approximate surface area is 174 Å². The number of aromatic nitrogens is 2. The molecule has 2 aromatic heterocycles. The van der Waals surface area contributed by atoms with Crippen LogP contribution in [0.15, 0.2) is 18.3 Å². The number of carbonyl (C=O) groups is 3. The molecule has 1 atom stereocenters. The van der Waals surface area contributed by atoms with Crippen LogP contribution >= 0.6 is 0 Å². The summed E-state index contributed by atoms with van der Waals surface area (Å²) in [6.07, 6.45) is 7.18. The number of aliphatic carboxylic acids is 1. The Morgan fingerprint density at radius 3 is 2.70 bits per heavy atom. The van der Waals surface area contributed by atoms with E-state index in [1.54, 1.807) is 29.7 Å². The molecule has 1 unspecified atom stereocenters. The second-order valence-corrected chi connectivity index (χ2v) is 7.49. The van der Waals surface area contributed by atoms with Gasteiger partial charge in [0.15, 0.2) is 5.65 Å². The predicted molar refractivity (Wildman–Crippen MR) is 111 cm³/mol. The summed E-state index contributed by atoms with van der Waals surface area (Å²) in [5.41, 5.74) is 1.54. The first-order chi connectivity index (χ1) is 14.4. The highest BCUT2D eigenvalue weighted by atomic mass is 16.5. The molecule has 0 aromatic carbocycles. The summed E-state index contributed by atoms with van der Waals surface area (Å²) in [6, 6.07) is 2.30. The van der Waals surface area contributed by atoms with E-state index in [0.717, 1.165) is 31.4 Å². The Bertz CT molecular complexity index is 933. The molecule has 9 heteroatoms. The highest BCUT2D eigenvalue weighted by Crippen LogP contribution is 2.36. The molecule has 0 saturated heterocycles. The summed E-state index contributed by atoms with van der Waals surface area (Å²) in [6.45, 7) is 3.46. The normalized spacial score (nSPS) is 15.5. The van der Waals surface area contributed by atoms with Gasteiger partial charge in [0.2, 0.25) is 0 Å². The van der Waals surface area contributed by atoms with Crippen molar-refractivity contribution in [1.82, 2.24) is 14.7 Å². The smallest absolute Gasteiger partial charge is 0.325 e. The Hall–Kier alpha value is -3.10. The molecule has 1 saturated carbocycles. The van der Waals surface area contributed by atoms with E-state index >= 15 is 0 Å². The minimum Gasteiger partial charge on any atom is -0.480 e. The largest absolute Gasteiger partial charge is 0.480 e. The Morgan fingerprint density at radius 2 is 2.03 bits per heavy atom. The van der Waals surface area contributed by atoms with Crippen LogP contribution in [0.25, 0.3) is 5.65 Å². The number of carbonyl (C=O) groups excluding carboxylic acids is 2. The number of imidazole rings is 1. The first-order valence-electron chi connectivity index (χ1n) is 10.4. The standard InChI is InChI=1S/C21H28N4O5/c1-3-30-16(26)12-22-19-17(14-8-5-4-6-9-14)24-18-15(10-7-11-25(18)19)20(27)23-13(2)21(28)29/h7,10-11,13-14,22H,3-6,8-9,12H2,1-2H3,(H,23,27)(H,28,29). The number of fused-ring (bicyclic) bond motifs is 1. The number of anilines is 1. The number of ether oxygens (including phenoxy) is 1. The number of nitrogens with one attached hydrogen (secondary N) is 2. The molecule has 3 N–H and O–H groups in total. The SMILES string of the molecule is CCOC(=O)CNc1c(C2CCCCC2)nc2c(C(=O)NC(C)C(=O)O)cccn12. The molecule has 30 heavy (non-hydrogen) atoms. The molecule has 162 valence electrons. The maximum Gasteiger partial charge on any atom is 0.325 e. The lowest BCUT2D eigenvalue weighted by molar-refractivity contribution is -0.141. The molecule has 9 nitrogen and oxygen atoms in total. The topological polar surface area (TPSA) is 122 Å². The molecule has 2 aromatic rings. The van der Waals surface area contributed by atoms with E-state index in [4.69, 9.17) is 14.8 Å². The first-order valence-corrected chi connectivity index (χ1v) is 10.4. The van der Waals surface area contributed by atoms with Crippen LogP contribution in [0.1, 0.15) is 67.9 Å². The number of hydrogen-bond acceptors (Lipinski definition) is 6. The predicted octanol–water partition coefficient (Wildman–Crippen LogP) is 2.56. The number of esters is 1. The van der Waals surface area contributed by atoms with Gasteiger partial charge in [-0.2, -0.15) is 0 Å². The fourth-order valence-corrected chi connectivity index (χ4v) is 3.80. The first kappa shape index (κ1) is 21.6. The van der Waals surface area contributed by atoms with Crippen molar-refractivity contribution in [3.05, 3.63) is 29.6 Å². The van der Waals surface area contributed by atoms with E-state index in [9.17, 15) is 14.4 Å². The van der Waals surface area contributed by atoms with Crippen LogP contribution in [-0.4, -0.2) is 51.5 Å². The number of carboxylic acid groups (broad SMARTS) is 1. The van der Waals surface area contributed by atoms with Gasteiger partial charge in [-0.05, 0) is 38.8 Å². The van der Waals surface area contributed by atoms with E-state index in [1.807, 2.05) is 0 Å². The number of hydrogen-bond donors (Lipinski definition) is 3. The maximum atomic E-state index is 12.7. The third kappa shape index (κ3) is 4.72. The molecule has 3 rings (SSSR count). The van der Waals surface area contributed by atoms with Crippen LogP contribution in [0.3, 0.4) is 0 Å². The second kappa shape index (κ2) is 9.60. The van der Waals surface area contributed by atoms with Gasteiger partial charge in [0.1, 0.15) is 18.4 Å². The Kier molecular flexibility index (Phi) is 6.91. The quantitative estimate of drug-likeness (QED) is 0.565. The summed E-state index contributed by atoms with van der Waals surface area (Å²) >= 11 is 0. The fraction of sp³-hybridized carbons (Fsp3) is 0.524. The molecule has 0 bridgehead atoms. The molecule has 1 aliphatic carbocycles. The van der Waals surface area contributed by atoms with Crippen molar-refractivity contribution in [2.24, 2.45) is 0 Å². The molecule has 0 radical (unpaired) electrons. The third-order valence-corrected chi connectivity index (χ3v) is 5.34. The van der Waals surface area contributed by atoms with Crippen molar-refractivity contribution in [1.29, 1.82) is 0 Å². The van der Waals surface area contributed by atoms with Gasteiger partial charge in [0.25, 0.3) is 5.91 Å². The second-order valence-electron chi connectivity index (χ2n) is 7.49. The minimum absolute atomic E-state index is 0.00613. The molecule has 1 amide bonds. The molecule has 1 aliphatic rings. The van der Waals surface area contributed by atoms with E-state index < -0.39 is 17.9 Å². The van der Waals surface area contributed by atoms with Crippen LogP contribution in [0.5, 0.6) is 0 Å². The summed E-state index contributed by atoms with van der Waals surface area (Å²) in [5.74, 6) is -1.08. The van der Waals surface area contributed by atoms with Gasteiger partial charge in [0, 0.05) is 12.1 Å². The highest BCUT2D eigenvalue weighted by molar-refractivity contribution is 6.01. The van der Waals surface area contributed by atoms with Crippen molar-refractivity contribution in [3.63, 3.8) is 0 Å². The van der Waals surface area contributed by atoms with Crippen molar-refractivity contribution in [2.45, 2.75) is 57.9 Å². The average molecular weight is 416 g/mol. The van der Waals surface area contributed by atoms with Crippen LogP contribution < -0.4 is 10.6 Å². The van der Waals surface area contributed by atoms with Crippen molar-refractivity contribution < 1.29 is 24.2 Å². The zero-order valence-corrected chi connectivity index (χ0v) is 17.3. The maximum absolute atomic E-state index is 12.7. The van der Waals surface area contributed by atoms with Crippen LogP contribution in [0, 0.1) is 0 Å².